The summed E-state index contributed by atoms with van der Waals surface area (Å²) in [7, 11) is 1.63. The fourth-order valence-electron chi connectivity index (χ4n) is 5.06. The van der Waals surface area contributed by atoms with Crippen LogP contribution in [0.25, 0.3) is 16.6 Å². The molecule has 10 heteroatoms. The van der Waals surface area contributed by atoms with Crippen molar-refractivity contribution in [3.8, 4) is 11.4 Å². The number of benzene rings is 3. The van der Waals surface area contributed by atoms with Crippen molar-refractivity contribution in [2.45, 2.75) is 25.8 Å². The maximum atomic E-state index is 13.3. The maximum absolute atomic E-state index is 13.3. The van der Waals surface area contributed by atoms with Crippen molar-refractivity contribution in [3.63, 3.8) is 0 Å². The van der Waals surface area contributed by atoms with Crippen LogP contribution in [0.3, 0.4) is 0 Å². The Kier molecular flexibility index (Phi) is 7.55. The van der Waals surface area contributed by atoms with Crippen LogP contribution in [-0.4, -0.2) is 45.0 Å². The van der Waals surface area contributed by atoms with Gasteiger partial charge in [-0.1, -0.05) is 39.7 Å². The number of hydrogen-bond donors (Lipinski definition) is 1. The van der Waals surface area contributed by atoms with E-state index in [1.165, 1.54) is 0 Å². The average Bonchev–Trinajstić information content (AvgIpc) is 3.30. The highest BCUT2D eigenvalue weighted by Crippen LogP contribution is 2.34. The normalized spacial score (nSPS) is 14.1. The zero-order chi connectivity index (χ0) is 28.5. The minimum atomic E-state index is -0.556. The molecule has 0 bridgehead atoms. The van der Waals surface area contributed by atoms with Crippen LogP contribution in [0, 0.1) is 6.92 Å². The summed E-state index contributed by atoms with van der Waals surface area (Å²) in [6.45, 7) is 2.37. The monoisotopic (exact) mass is 628 g/mol. The second kappa shape index (κ2) is 11.4. The van der Waals surface area contributed by atoms with E-state index in [1.54, 1.807) is 7.11 Å². The van der Waals surface area contributed by atoms with Gasteiger partial charge in [0.1, 0.15) is 17.6 Å². The van der Waals surface area contributed by atoms with E-state index in [2.05, 4.69) is 42.5 Å². The van der Waals surface area contributed by atoms with Crippen LogP contribution in [0.15, 0.2) is 82.4 Å². The number of methoxy groups -OCH3 is 1. The number of fused-ring (bicyclic) bond motifs is 4. The van der Waals surface area contributed by atoms with Crippen LogP contribution in [0.1, 0.15) is 40.8 Å². The predicted molar refractivity (Wildman–Crippen MR) is 163 cm³/mol. The van der Waals surface area contributed by atoms with Crippen molar-refractivity contribution in [3.05, 3.63) is 111 Å². The molecular weight excluding hydrogens is 604 g/mol. The number of nitrogens with zero attached hydrogens (tertiary/aromatic N) is 5. The second-order valence-electron chi connectivity index (χ2n) is 9.81. The number of carbonyl (C=O) groups is 1. The van der Waals surface area contributed by atoms with Gasteiger partial charge >= 0.3 is 0 Å². The highest BCUT2D eigenvalue weighted by molar-refractivity contribution is 9.10. The van der Waals surface area contributed by atoms with Gasteiger partial charge in [-0.05, 0) is 73.5 Å². The van der Waals surface area contributed by atoms with Gasteiger partial charge in [-0.15, -0.1) is 10.2 Å². The third-order valence-electron chi connectivity index (χ3n) is 7.06. The molecule has 206 valence electrons. The number of ether oxygens (including phenoxy) is 1. The Bertz CT molecular complexity index is 1800. The molecule has 0 spiro atoms. The van der Waals surface area contributed by atoms with Gasteiger partial charge in [0, 0.05) is 38.8 Å². The molecule has 0 aliphatic carbocycles. The standard InChI is InChI=1S/C31H26BrClN6O2/c1-18-37-38-31-27(16-29(40)34-12-11-19-13-21-14-22(32)5-9-26(21)35-17-19)36-30(20-3-6-23(33)7-4-20)25-15-24(41-2)8-10-28(25)39(18)31/h3-10,13-15,17,27H,11-12,16H2,1-2H3,(H,34,40). The second-order valence-corrected chi connectivity index (χ2v) is 11.2. The van der Waals surface area contributed by atoms with Gasteiger partial charge in [-0.25, -0.2) is 0 Å². The molecule has 0 radical (unpaired) electrons. The Labute approximate surface area is 250 Å². The summed E-state index contributed by atoms with van der Waals surface area (Å²) < 4.78 is 8.51. The van der Waals surface area contributed by atoms with Crippen molar-refractivity contribution in [2.75, 3.05) is 13.7 Å². The van der Waals surface area contributed by atoms with E-state index in [-0.39, 0.29) is 12.3 Å². The molecule has 1 aliphatic heterocycles. The average molecular weight is 630 g/mol. The van der Waals surface area contributed by atoms with Crippen LogP contribution in [0.4, 0.5) is 0 Å². The van der Waals surface area contributed by atoms with E-state index in [9.17, 15) is 4.79 Å². The van der Waals surface area contributed by atoms with Crippen LogP contribution in [0.5, 0.6) is 5.75 Å². The molecule has 3 aromatic carbocycles. The molecule has 8 nitrogen and oxygen atoms in total. The molecule has 3 heterocycles. The first-order chi connectivity index (χ1) is 19.9. The number of pyridine rings is 1. The van der Waals surface area contributed by atoms with Gasteiger partial charge in [0.2, 0.25) is 5.91 Å². The Morgan fingerprint density at radius 3 is 2.71 bits per heavy atom. The smallest absolute Gasteiger partial charge is 0.222 e. The zero-order valence-corrected chi connectivity index (χ0v) is 24.8. The molecule has 5 aromatic rings. The van der Waals surface area contributed by atoms with Crippen LogP contribution < -0.4 is 10.1 Å². The molecule has 1 aliphatic rings. The number of carbonyl (C=O) groups excluding carboxylic acids is 1. The molecule has 0 saturated heterocycles. The Morgan fingerprint density at radius 2 is 1.90 bits per heavy atom. The highest BCUT2D eigenvalue weighted by Gasteiger charge is 2.30. The number of halogens is 2. The molecule has 1 unspecified atom stereocenters. The molecule has 0 saturated carbocycles. The minimum absolute atomic E-state index is 0.114. The van der Waals surface area contributed by atoms with Crippen molar-refractivity contribution >= 4 is 50.1 Å². The van der Waals surface area contributed by atoms with Gasteiger partial charge in [0.15, 0.2) is 5.82 Å². The van der Waals surface area contributed by atoms with Gasteiger partial charge < -0.3 is 10.1 Å². The molecule has 6 rings (SSSR count). The lowest BCUT2D eigenvalue weighted by molar-refractivity contribution is -0.121. The topological polar surface area (TPSA) is 94.3 Å². The summed E-state index contributed by atoms with van der Waals surface area (Å²) in [5.41, 5.74) is 5.31. The van der Waals surface area contributed by atoms with Crippen LogP contribution in [0.2, 0.25) is 5.02 Å². The Morgan fingerprint density at radius 1 is 1.07 bits per heavy atom. The first-order valence-electron chi connectivity index (χ1n) is 13.1. The number of hydrogen-bond acceptors (Lipinski definition) is 6. The van der Waals surface area contributed by atoms with E-state index in [0.29, 0.717) is 35.4 Å². The third kappa shape index (κ3) is 5.60. The van der Waals surface area contributed by atoms with E-state index in [4.69, 9.17) is 21.3 Å². The summed E-state index contributed by atoms with van der Waals surface area (Å²) in [5, 5.41) is 13.5. The summed E-state index contributed by atoms with van der Waals surface area (Å²) in [6.07, 6.45) is 2.63. The van der Waals surface area contributed by atoms with Gasteiger partial charge in [0.25, 0.3) is 0 Å². The van der Waals surface area contributed by atoms with E-state index < -0.39 is 6.04 Å². The zero-order valence-electron chi connectivity index (χ0n) is 22.4. The number of aliphatic imine (C=N–C) groups is 1. The summed E-state index contributed by atoms with van der Waals surface area (Å²) in [5.74, 6) is 1.89. The molecule has 2 aromatic heterocycles. The number of nitrogens with one attached hydrogen (secondary N) is 1. The van der Waals surface area contributed by atoms with E-state index in [1.807, 2.05) is 78.4 Å². The molecule has 41 heavy (non-hydrogen) atoms. The molecular formula is C31H26BrClN6O2. The molecule has 0 fully saturated rings. The summed E-state index contributed by atoms with van der Waals surface area (Å²) >= 11 is 9.71. The van der Waals surface area contributed by atoms with E-state index in [0.717, 1.165) is 43.5 Å². The lowest BCUT2D eigenvalue weighted by Crippen LogP contribution is -2.27. The lowest BCUT2D eigenvalue weighted by Gasteiger charge is -2.14. The largest absolute Gasteiger partial charge is 0.497 e. The van der Waals surface area contributed by atoms with Gasteiger partial charge in [0.05, 0.1) is 30.4 Å². The van der Waals surface area contributed by atoms with Crippen molar-refractivity contribution in [2.24, 2.45) is 4.99 Å². The first-order valence-corrected chi connectivity index (χ1v) is 14.3. The SMILES string of the molecule is COc1ccc2c(c1)C(c1ccc(Cl)cc1)=NC(CC(=O)NCCc1cnc3ccc(Br)cc3c1)c1nnc(C)n1-2. The van der Waals surface area contributed by atoms with Gasteiger partial charge in [-0.2, -0.15) is 0 Å². The minimum Gasteiger partial charge on any atom is -0.497 e. The van der Waals surface area contributed by atoms with Crippen LogP contribution in [-0.2, 0) is 11.2 Å². The maximum Gasteiger partial charge on any atom is 0.222 e. The highest BCUT2D eigenvalue weighted by atomic mass is 79.9. The molecule has 1 atom stereocenters. The molecule has 1 amide bonds. The predicted octanol–water partition coefficient (Wildman–Crippen LogP) is 6.19. The quantitative estimate of drug-likeness (QED) is 0.232. The first kappa shape index (κ1) is 27.1. The lowest BCUT2D eigenvalue weighted by atomic mass is 10.00. The number of aryl methyl sites for hydroxylation is 1. The fourth-order valence-corrected chi connectivity index (χ4v) is 5.56. The van der Waals surface area contributed by atoms with E-state index >= 15 is 0 Å². The van der Waals surface area contributed by atoms with Gasteiger partial charge in [-0.3, -0.25) is 19.3 Å². The Balaban J connectivity index is 1.28. The van der Waals surface area contributed by atoms with Crippen molar-refractivity contribution < 1.29 is 9.53 Å². The number of rotatable bonds is 7. The number of amides is 1. The van der Waals surface area contributed by atoms with Crippen molar-refractivity contribution in [1.82, 2.24) is 25.1 Å². The third-order valence-corrected chi connectivity index (χ3v) is 7.81. The summed E-state index contributed by atoms with van der Waals surface area (Å²) in [6, 6.07) is 20.9. The summed E-state index contributed by atoms with van der Waals surface area (Å²) in [4.78, 5) is 22.9. The van der Waals surface area contributed by atoms with Crippen molar-refractivity contribution in [1.29, 1.82) is 0 Å². The van der Waals surface area contributed by atoms with Crippen LogP contribution >= 0.6 is 27.5 Å². The fraction of sp³-hybridized carbons (Fsp3) is 0.194. The molecule has 1 N–H and O–H groups in total. The number of aromatic nitrogens is 4. The Hall–Kier alpha value is -4.08.